The van der Waals surface area contributed by atoms with Gasteiger partial charge in [-0.25, -0.2) is 8.42 Å². The molecule has 0 unspecified atom stereocenters. The second kappa shape index (κ2) is 6.90. The van der Waals surface area contributed by atoms with Crippen molar-refractivity contribution in [3.63, 3.8) is 0 Å². The van der Waals surface area contributed by atoms with E-state index in [9.17, 15) is 18.0 Å². The summed E-state index contributed by atoms with van der Waals surface area (Å²) < 4.78 is 31.2. The van der Waals surface area contributed by atoms with E-state index in [0.29, 0.717) is 18.8 Å². The normalized spacial score (nSPS) is 18.3. The average molecular weight is 352 g/mol. The van der Waals surface area contributed by atoms with Crippen LogP contribution >= 0.6 is 0 Å². The van der Waals surface area contributed by atoms with Gasteiger partial charge in [0.25, 0.3) is 5.91 Å². The fourth-order valence-electron chi connectivity index (χ4n) is 2.56. The smallest absolute Gasteiger partial charge is 0.309 e. The minimum absolute atomic E-state index is 0.0483. The van der Waals surface area contributed by atoms with Crippen molar-refractivity contribution < 1.29 is 22.7 Å². The van der Waals surface area contributed by atoms with Crippen LogP contribution in [0.4, 0.5) is 5.69 Å². The van der Waals surface area contributed by atoms with Crippen molar-refractivity contribution in [3.05, 3.63) is 24.3 Å². The highest BCUT2D eigenvalue weighted by atomic mass is 32.2. The summed E-state index contributed by atoms with van der Waals surface area (Å²) in [5, 5.41) is 2.58. The number of sulfonamides is 1. The van der Waals surface area contributed by atoms with Gasteiger partial charge in [-0.05, 0) is 49.9 Å². The van der Waals surface area contributed by atoms with Crippen molar-refractivity contribution in [2.75, 3.05) is 25.0 Å². The van der Waals surface area contributed by atoms with E-state index < -0.39 is 15.9 Å². The van der Waals surface area contributed by atoms with Gasteiger partial charge in [-0.15, -0.1) is 0 Å². The van der Waals surface area contributed by atoms with Crippen LogP contribution in [0.1, 0.15) is 25.7 Å². The van der Waals surface area contributed by atoms with Gasteiger partial charge in [0.1, 0.15) is 0 Å². The van der Waals surface area contributed by atoms with Gasteiger partial charge >= 0.3 is 5.97 Å². The fourth-order valence-corrected chi connectivity index (χ4v) is 4.08. The molecule has 3 rings (SSSR count). The zero-order valence-electron chi connectivity index (χ0n) is 13.2. The molecule has 2 fully saturated rings. The zero-order valence-corrected chi connectivity index (χ0v) is 14.0. The minimum Gasteiger partial charge on any atom is -0.455 e. The Kier molecular flexibility index (Phi) is 4.86. The minimum atomic E-state index is -3.46. The molecule has 0 atom stereocenters. The number of anilines is 1. The van der Waals surface area contributed by atoms with Crippen molar-refractivity contribution >= 4 is 27.6 Å². The Morgan fingerprint density at radius 2 is 1.75 bits per heavy atom. The second-order valence-corrected chi connectivity index (χ2v) is 8.00. The first-order chi connectivity index (χ1) is 11.5. The summed E-state index contributed by atoms with van der Waals surface area (Å²) in [6.45, 7) is 0.767. The lowest BCUT2D eigenvalue weighted by Gasteiger charge is -2.15. The molecule has 0 radical (unpaired) electrons. The third-order valence-electron chi connectivity index (χ3n) is 4.10. The first-order valence-electron chi connectivity index (χ1n) is 8.03. The van der Waals surface area contributed by atoms with Crippen LogP contribution in [0.5, 0.6) is 0 Å². The number of hydrogen-bond donors (Lipinski definition) is 1. The van der Waals surface area contributed by atoms with E-state index in [2.05, 4.69) is 5.32 Å². The number of carbonyl (C=O) groups excluding carboxylic acids is 2. The maximum absolute atomic E-state index is 12.4. The van der Waals surface area contributed by atoms with E-state index in [4.69, 9.17) is 4.74 Å². The predicted octanol–water partition coefficient (Wildman–Crippen LogP) is 1.36. The summed E-state index contributed by atoms with van der Waals surface area (Å²) in [5.41, 5.74) is 0.461. The highest BCUT2D eigenvalue weighted by Gasteiger charge is 2.31. The monoisotopic (exact) mass is 352 g/mol. The number of esters is 1. The lowest BCUT2D eigenvalue weighted by Crippen LogP contribution is -2.27. The Morgan fingerprint density at radius 1 is 1.12 bits per heavy atom. The molecule has 0 bridgehead atoms. The molecule has 7 nitrogen and oxygen atoms in total. The molecule has 1 aromatic rings. The Balaban J connectivity index is 1.55. The van der Waals surface area contributed by atoms with Crippen molar-refractivity contribution in [1.82, 2.24) is 4.31 Å². The Labute approximate surface area is 141 Å². The number of ether oxygens (including phenoxy) is 1. The first kappa shape index (κ1) is 16.9. The number of carbonyl (C=O) groups is 2. The van der Waals surface area contributed by atoms with Crippen LogP contribution in [-0.4, -0.2) is 44.3 Å². The average Bonchev–Trinajstić information content (AvgIpc) is 3.26. The van der Waals surface area contributed by atoms with Crippen molar-refractivity contribution in [3.8, 4) is 0 Å². The van der Waals surface area contributed by atoms with Gasteiger partial charge in [-0.2, -0.15) is 4.31 Å². The quantitative estimate of drug-likeness (QED) is 0.781. The lowest BCUT2D eigenvalue weighted by atomic mass is 10.3. The first-order valence-corrected chi connectivity index (χ1v) is 9.47. The van der Waals surface area contributed by atoms with Gasteiger partial charge in [-0.1, -0.05) is 0 Å². The van der Waals surface area contributed by atoms with Crippen molar-refractivity contribution in [2.45, 2.75) is 30.6 Å². The molecule has 1 aliphatic carbocycles. The van der Waals surface area contributed by atoms with E-state index in [1.165, 1.54) is 28.6 Å². The van der Waals surface area contributed by atoms with E-state index in [0.717, 1.165) is 25.7 Å². The lowest BCUT2D eigenvalue weighted by molar-refractivity contribution is -0.148. The van der Waals surface area contributed by atoms with Gasteiger partial charge in [0.2, 0.25) is 10.0 Å². The van der Waals surface area contributed by atoms with E-state index in [-0.39, 0.29) is 23.4 Å². The molecule has 0 aromatic heterocycles. The maximum Gasteiger partial charge on any atom is 0.309 e. The van der Waals surface area contributed by atoms with Crippen LogP contribution in [0.3, 0.4) is 0 Å². The largest absolute Gasteiger partial charge is 0.455 e. The summed E-state index contributed by atoms with van der Waals surface area (Å²) in [6.07, 6.45) is 3.42. The van der Waals surface area contributed by atoms with Gasteiger partial charge in [-0.3, -0.25) is 9.59 Å². The molecule has 0 spiro atoms. The van der Waals surface area contributed by atoms with Gasteiger partial charge in [0.05, 0.1) is 10.8 Å². The Hall–Kier alpha value is -1.93. The summed E-state index contributed by atoms with van der Waals surface area (Å²) in [5.74, 6) is -0.829. The van der Waals surface area contributed by atoms with E-state index >= 15 is 0 Å². The number of hydrogen-bond acceptors (Lipinski definition) is 5. The van der Waals surface area contributed by atoms with Crippen LogP contribution in [-0.2, 0) is 24.3 Å². The molecule has 1 aliphatic heterocycles. The molecule has 1 heterocycles. The molecule has 2 aliphatic rings. The fraction of sp³-hybridized carbons (Fsp3) is 0.500. The number of amides is 1. The molecule has 1 amide bonds. The SMILES string of the molecule is O=C(COC(=O)C1CC1)Nc1ccc(S(=O)(=O)N2CCCC2)cc1. The number of benzene rings is 1. The van der Waals surface area contributed by atoms with E-state index in [1.54, 1.807) is 0 Å². The maximum atomic E-state index is 12.4. The third-order valence-corrected chi connectivity index (χ3v) is 6.01. The third kappa shape index (κ3) is 3.93. The molecule has 24 heavy (non-hydrogen) atoms. The molecule has 130 valence electrons. The highest BCUT2D eigenvalue weighted by Crippen LogP contribution is 2.30. The molecule has 1 saturated carbocycles. The second-order valence-electron chi connectivity index (χ2n) is 6.07. The Bertz CT molecular complexity index is 719. The summed E-state index contributed by atoms with van der Waals surface area (Å²) in [7, 11) is -3.46. The number of nitrogens with one attached hydrogen (secondary N) is 1. The van der Waals surface area contributed by atoms with Crippen molar-refractivity contribution in [2.24, 2.45) is 5.92 Å². The molecule has 8 heteroatoms. The van der Waals surface area contributed by atoms with Crippen molar-refractivity contribution in [1.29, 1.82) is 0 Å². The molecular formula is C16H20N2O5S. The van der Waals surface area contributed by atoms with E-state index in [1.807, 2.05) is 0 Å². The topological polar surface area (TPSA) is 92.8 Å². The number of rotatable bonds is 6. The summed E-state index contributed by atoms with van der Waals surface area (Å²) in [6, 6.07) is 6.01. The Morgan fingerprint density at radius 3 is 2.33 bits per heavy atom. The van der Waals surface area contributed by atoms with Gasteiger partial charge < -0.3 is 10.1 Å². The van der Waals surface area contributed by atoms with Crippen LogP contribution in [0, 0.1) is 5.92 Å². The van der Waals surface area contributed by atoms with Gasteiger partial charge in [0, 0.05) is 18.8 Å². The number of nitrogens with zero attached hydrogens (tertiary/aromatic N) is 1. The zero-order chi connectivity index (χ0) is 17.2. The molecule has 1 aromatic carbocycles. The predicted molar refractivity (Wildman–Crippen MR) is 86.7 cm³/mol. The molecule has 1 saturated heterocycles. The summed E-state index contributed by atoms with van der Waals surface area (Å²) in [4.78, 5) is 23.3. The highest BCUT2D eigenvalue weighted by molar-refractivity contribution is 7.89. The van der Waals surface area contributed by atoms with Crippen LogP contribution in [0.15, 0.2) is 29.2 Å². The van der Waals surface area contributed by atoms with Crippen LogP contribution < -0.4 is 5.32 Å². The van der Waals surface area contributed by atoms with Crippen LogP contribution in [0.2, 0.25) is 0 Å². The molecule has 1 N–H and O–H groups in total. The molecular weight excluding hydrogens is 332 g/mol. The standard InChI is InChI=1S/C16H20N2O5S/c19-15(11-23-16(20)12-3-4-12)17-13-5-7-14(8-6-13)24(21,22)18-9-1-2-10-18/h5-8,12H,1-4,9-11H2,(H,17,19). The van der Waals surface area contributed by atoms with Gasteiger partial charge in [0.15, 0.2) is 6.61 Å². The van der Waals surface area contributed by atoms with Crippen LogP contribution in [0.25, 0.3) is 0 Å². The summed E-state index contributed by atoms with van der Waals surface area (Å²) >= 11 is 0.